The van der Waals surface area contributed by atoms with E-state index in [0.717, 1.165) is 25.3 Å². The minimum atomic E-state index is 0.829. The number of nitrogens with one attached hydrogen (secondary N) is 1. The molecule has 0 unspecified atom stereocenters. The average molecular weight is 217 g/mol. The van der Waals surface area contributed by atoms with Crippen LogP contribution in [0.1, 0.15) is 19.5 Å². The van der Waals surface area contributed by atoms with Crippen LogP contribution in [-0.2, 0) is 13.1 Å². The fourth-order valence-electron chi connectivity index (χ4n) is 2.10. The zero-order valence-corrected chi connectivity index (χ0v) is 9.96. The first-order valence-electron chi connectivity index (χ1n) is 5.84. The lowest BCUT2D eigenvalue weighted by Gasteiger charge is -2.08. The number of aryl methyl sites for hydroxylation is 1. The van der Waals surface area contributed by atoms with E-state index in [1.165, 1.54) is 16.6 Å². The Balaban J connectivity index is 2.49. The topological polar surface area (TPSA) is 43.0 Å². The molecule has 1 aromatic carbocycles. The predicted octanol–water partition coefficient (Wildman–Crippen LogP) is 2.35. The summed E-state index contributed by atoms with van der Waals surface area (Å²) >= 11 is 0. The quantitative estimate of drug-likeness (QED) is 0.772. The molecule has 0 amide bonds. The Morgan fingerprint density at radius 2 is 2.06 bits per heavy atom. The van der Waals surface area contributed by atoms with Gasteiger partial charge in [0, 0.05) is 29.9 Å². The van der Waals surface area contributed by atoms with E-state index in [9.17, 15) is 0 Å². The SMILES string of the molecule is CCNCc1cc2ccc(N)cc2n1CC. The van der Waals surface area contributed by atoms with Crippen LogP contribution in [0.4, 0.5) is 5.69 Å². The lowest BCUT2D eigenvalue weighted by atomic mass is 10.2. The molecule has 0 aliphatic carbocycles. The van der Waals surface area contributed by atoms with Gasteiger partial charge < -0.3 is 15.6 Å². The van der Waals surface area contributed by atoms with Crippen molar-refractivity contribution in [2.24, 2.45) is 0 Å². The van der Waals surface area contributed by atoms with Gasteiger partial charge in [-0.15, -0.1) is 0 Å². The number of nitrogens with zero attached hydrogens (tertiary/aromatic N) is 1. The minimum Gasteiger partial charge on any atom is -0.399 e. The van der Waals surface area contributed by atoms with Crippen LogP contribution in [0, 0.1) is 0 Å². The fourth-order valence-corrected chi connectivity index (χ4v) is 2.10. The number of fused-ring (bicyclic) bond motifs is 1. The van der Waals surface area contributed by atoms with Gasteiger partial charge >= 0.3 is 0 Å². The Bertz CT molecular complexity index is 485. The molecule has 2 rings (SSSR count). The molecule has 0 aliphatic rings. The van der Waals surface area contributed by atoms with Gasteiger partial charge in [-0.2, -0.15) is 0 Å². The van der Waals surface area contributed by atoms with E-state index in [1.54, 1.807) is 0 Å². The highest BCUT2D eigenvalue weighted by Gasteiger charge is 2.06. The maximum Gasteiger partial charge on any atom is 0.0503 e. The van der Waals surface area contributed by atoms with Crippen LogP contribution in [0.2, 0.25) is 0 Å². The van der Waals surface area contributed by atoms with Crippen molar-refractivity contribution < 1.29 is 0 Å². The van der Waals surface area contributed by atoms with Gasteiger partial charge in [0.2, 0.25) is 0 Å². The maximum atomic E-state index is 5.83. The molecule has 2 aromatic rings. The number of nitrogen functional groups attached to an aromatic ring is 1. The molecule has 16 heavy (non-hydrogen) atoms. The zero-order chi connectivity index (χ0) is 11.5. The van der Waals surface area contributed by atoms with Crippen molar-refractivity contribution in [3.8, 4) is 0 Å². The highest BCUT2D eigenvalue weighted by molar-refractivity contribution is 5.84. The third-order valence-corrected chi connectivity index (χ3v) is 2.89. The van der Waals surface area contributed by atoms with Gasteiger partial charge in [0.05, 0.1) is 5.52 Å². The first kappa shape index (κ1) is 11.0. The Kier molecular flexibility index (Phi) is 3.15. The van der Waals surface area contributed by atoms with E-state index in [0.29, 0.717) is 0 Å². The third-order valence-electron chi connectivity index (χ3n) is 2.89. The highest BCUT2D eigenvalue weighted by Crippen LogP contribution is 2.22. The van der Waals surface area contributed by atoms with E-state index >= 15 is 0 Å². The number of benzene rings is 1. The van der Waals surface area contributed by atoms with Crippen molar-refractivity contribution in [2.75, 3.05) is 12.3 Å². The Labute approximate surface area is 96.2 Å². The average Bonchev–Trinajstić information content (AvgIpc) is 2.63. The zero-order valence-electron chi connectivity index (χ0n) is 9.96. The summed E-state index contributed by atoms with van der Waals surface area (Å²) < 4.78 is 2.31. The van der Waals surface area contributed by atoms with Gasteiger partial charge in [0.15, 0.2) is 0 Å². The lowest BCUT2D eigenvalue weighted by Crippen LogP contribution is -2.15. The molecule has 0 saturated heterocycles. The summed E-state index contributed by atoms with van der Waals surface area (Å²) in [5.74, 6) is 0. The molecule has 0 spiro atoms. The Morgan fingerprint density at radius 1 is 1.25 bits per heavy atom. The van der Waals surface area contributed by atoms with E-state index in [1.807, 2.05) is 12.1 Å². The fraction of sp³-hybridized carbons (Fsp3) is 0.385. The van der Waals surface area contributed by atoms with Gasteiger partial charge in [0.1, 0.15) is 0 Å². The van der Waals surface area contributed by atoms with Crippen LogP contribution in [0.15, 0.2) is 24.3 Å². The highest BCUT2D eigenvalue weighted by atomic mass is 15.0. The monoisotopic (exact) mass is 217 g/mol. The largest absolute Gasteiger partial charge is 0.399 e. The van der Waals surface area contributed by atoms with Crippen molar-refractivity contribution in [1.82, 2.24) is 9.88 Å². The second kappa shape index (κ2) is 4.58. The normalized spacial score (nSPS) is 11.1. The number of hydrogen-bond acceptors (Lipinski definition) is 2. The van der Waals surface area contributed by atoms with E-state index < -0.39 is 0 Å². The van der Waals surface area contributed by atoms with E-state index in [-0.39, 0.29) is 0 Å². The van der Waals surface area contributed by atoms with Crippen LogP contribution < -0.4 is 11.1 Å². The first-order chi connectivity index (χ1) is 7.76. The summed E-state index contributed by atoms with van der Waals surface area (Å²) in [6.07, 6.45) is 0. The Morgan fingerprint density at radius 3 is 2.75 bits per heavy atom. The van der Waals surface area contributed by atoms with Crippen LogP contribution in [0.5, 0.6) is 0 Å². The van der Waals surface area contributed by atoms with Gasteiger partial charge in [-0.3, -0.25) is 0 Å². The molecule has 0 fully saturated rings. The van der Waals surface area contributed by atoms with Crippen molar-refractivity contribution in [3.05, 3.63) is 30.0 Å². The Hall–Kier alpha value is -1.48. The molecule has 0 aliphatic heterocycles. The molecule has 1 heterocycles. The molecule has 0 bridgehead atoms. The van der Waals surface area contributed by atoms with Gasteiger partial charge in [-0.05, 0) is 31.7 Å². The number of nitrogens with two attached hydrogens (primary N) is 1. The molecule has 3 heteroatoms. The molecular formula is C13H19N3. The second-order valence-corrected chi connectivity index (χ2v) is 3.98. The smallest absolute Gasteiger partial charge is 0.0503 e. The van der Waals surface area contributed by atoms with Crippen LogP contribution in [0.25, 0.3) is 10.9 Å². The van der Waals surface area contributed by atoms with Crippen molar-refractivity contribution >= 4 is 16.6 Å². The summed E-state index contributed by atoms with van der Waals surface area (Å²) in [5, 5.41) is 4.63. The summed E-state index contributed by atoms with van der Waals surface area (Å²) in [5.41, 5.74) is 9.21. The molecule has 0 saturated carbocycles. The first-order valence-corrected chi connectivity index (χ1v) is 5.84. The number of rotatable bonds is 4. The summed E-state index contributed by atoms with van der Waals surface area (Å²) in [6, 6.07) is 8.33. The van der Waals surface area contributed by atoms with Gasteiger partial charge in [0.25, 0.3) is 0 Å². The van der Waals surface area contributed by atoms with Gasteiger partial charge in [-0.25, -0.2) is 0 Å². The van der Waals surface area contributed by atoms with E-state index in [2.05, 4.69) is 35.9 Å². The summed E-state index contributed by atoms with van der Waals surface area (Å²) in [4.78, 5) is 0. The maximum absolute atomic E-state index is 5.83. The summed E-state index contributed by atoms with van der Waals surface area (Å²) in [7, 11) is 0. The molecule has 86 valence electrons. The third kappa shape index (κ3) is 1.91. The predicted molar refractivity (Wildman–Crippen MR) is 69.4 cm³/mol. The minimum absolute atomic E-state index is 0.829. The lowest BCUT2D eigenvalue weighted by molar-refractivity contribution is 0.656. The molecular weight excluding hydrogens is 198 g/mol. The summed E-state index contributed by atoms with van der Waals surface area (Å²) in [6.45, 7) is 7.18. The molecule has 3 N–H and O–H groups in total. The van der Waals surface area contributed by atoms with Gasteiger partial charge in [-0.1, -0.05) is 13.0 Å². The molecule has 1 aromatic heterocycles. The number of aromatic nitrogens is 1. The molecule has 0 radical (unpaired) electrons. The van der Waals surface area contributed by atoms with Crippen molar-refractivity contribution in [2.45, 2.75) is 26.9 Å². The van der Waals surface area contributed by atoms with E-state index in [4.69, 9.17) is 5.73 Å². The molecule has 0 atom stereocenters. The second-order valence-electron chi connectivity index (χ2n) is 3.98. The van der Waals surface area contributed by atoms with Crippen molar-refractivity contribution in [1.29, 1.82) is 0 Å². The van der Waals surface area contributed by atoms with Crippen LogP contribution >= 0.6 is 0 Å². The van der Waals surface area contributed by atoms with Crippen LogP contribution in [-0.4, -0.2) is 11.1 Å². The number of anilines is 1. The number of hydrogen-bond donors (Lipinski definition) is 2. The van der Waals surface area contributed by atoms with Crippen molar-refractivity contribution in [3.63, 3.8) is 0 Å². The van der Waals surface area contributed by atoms with Crippen LogP contribution in [0.3, 0.4) is 0 Å². The standard InChI is InChI=1S/C13H19N3/c1-3-15-9-12-7-10-5-6-11(14)8-13(10)16(12)4-2/h5-8,15H,3-4,9,14H2,1-2H3. The molecule has 3 nitrogen and oxygen atoms in total.